The van der Waals surface area contributed by atoms with Gasteiger partial charge >= 0.3 is 0 Å². The number of nitrogens with two attached hydrogens (primary N) is 1. The number of nitrogens with one attached hydrogen (secondary N) is 1. The molecule has 4 N–H and O–H groups in total. The first-order chi connectivity index (χ1) is 7.94. The normalized spacial score (nSPS) is 11.5. The zero-order valence-electron chi connectivity index (χ0n) is 11.0. The average molecular weight is 237 g/mol. The number of aryl methyl sites for hydroxylation is 1. The summed E-state index contributed by atoms with van der Waals surface area (Å²) in [4.78, 5) is 4.24. The Morgan fingerprint density at radius 1 is 1.47 bits per heavy atom. The van der Waals surface area contributed by atoms with Crippen LogP contribution in [-0.4, -0.2) is 23.2 Å². The number of nitrogen functional groups attached to an aromatic ring is 1. The summed E-state index contributed by atoms with van der Waals surface area (Å²) in [5.41, 5.74) is 7.63. The third kappa shape index (κ3) is 4.61. The molecule has 0 unspecified atom stereocenters. The number of hydrogen-bond donors (Lipinski definition) is 3. The maximum absolute atomic E-state index is 8.84. The van der Waals surface area contributed by atoms with Crippen LogP contribution in [0.1, 0.15) is 32.3 Å². The Kier molecular flexibility index (Phi) is 4.75. The summed E-state index contributed by atoms with van der Waals surface area (Å²) < 4.78 is 0. The number of aliphatic hydroxyl groups is 1. The summed E-state index contributed by atoms with van der Waals surface area (Å²) >= 11 is 0. The zero-order valence-corrected chi connectivity index (χ0v) is 11.0. The molecule has 96 valence electrons. The zero-order chi connectivity index (χ0) is 12.9. The highest BCUT2D eigenvalue weighted by molar-refractivity contribution is 5.50. The van der Waals surface area contributed by atoms with E-state index < -0.39 is 0 Å². The number of pyridine rings is 1. The van der Waals surface area contributed by atoms with E-state index in [4.69, 9.17) is 10.8 Å². The molecule has 0 aromatic carbocycles. The summed E-state index contributed by atoms with van der Waals surface area (Å²) in [7, 11) is 0. The van der Waals surface area contributed by atoms with Crippen LogP contribution >= 0.6 is 0 Å². The van der Waals surface area contributed by atoms with Crippen molar-refractivity contribution in [2.45, 2.75) is 33.6 Å². The molecule has 0 spiro atoms. The molecule has 0 aliphatic rings. The van der Waals surface area contributed by atoms with Crippen LogP contribution in [0.3, 0.4) is 0 Å². The van der Waals surface area contributed by atoms with Gasteiger partial charge in [0.15, 0.2) is 0 Å². The molecule has 0 amide bonds. The van der Waals surface area contributed by atoms with Crippen LogP contribution in [0.15, 0.2) is 12.3 Å². The van der Waals surface area contributed by atoms with Gasteiger partial charge in [-0.25, -0.2) is 4.98 Å². The molecule has 4 nitrogen and oxygen atoms in total. The molecule has 0 saturated carbocycles. The standard InChI is InChI=1S/C13H23N3O/c1-10-7-12(15-8-11(10)14)16-9-13(2,3)5-4-6-17/h7-8,17H,4-6,9,14H2,1-3H3,(H,15,16). The van der Waals surface area contributed by atoms with Gasteiger partial charge in [0.25, 0.3) is 0 Å². The van der Waals surface area contributed by atoms with E-state index in [9.17, 15) is 0 Å². The Morgan fingerprint density at radius 2 is 2.18 bits per heavy atom. The molecule has 0 bridgehead atoms. The van der Waals surface area contributed by atoms with Gasteiger partial charge in [0.2, 0.25) is 0 Å². The molecule has 0 radical (unpaired) electrons. The van der Waals surface area contributed by atoms with E-state index in [1.165, 1.54) is 0 Å². The molecular formula is C13H23N3O. The van der Waals surface area contributed by atoms with Crippen molar-refractivity contribution in [2.24, 2.45) is 5.41 Å². The lowest BCUT2D eigenvalue weighted by molar-refractivity contribution is 0.248. The van der Waals surface area contributed by atoms with Gasteiger partial charge in [-0.1, -0.05) is 13.8 Å². The van der Waals surface area contributed by atoms with Gasteiger partial charge in [-0.05, 0) is 36.8 Å². The van der Waals surface area contributed by atoms with Crippen molar-refractivity contribution in [3.05, 3.63) is 17.8 Å². The van der Waals surface area contributed by atoms with E-state index in [1.807, 2.05) is 13.0 Å². The summed E-state index contributed by atoms with van der Waals surface area (Å²) in [5.74, 6) is 0.855. The molecule has 0 saturated heterocycles. The number of anilines is 2. The van der Waals surface area contributed by atoms with Crippen LogP contribution in [0.4, 0.5) is 11.5 Å². The minimum absolute atomic E-state index is 0.152. The van der Waals surface area contributed by atoms with Crippen LogP contribution in [0.2, 0.25) is 0 Å². The fourth-order valence-corrected chi connectivity index (χ4v) is 1.64. The topological polar surface area (TPSA) is 71.2 Å². The second-order valence-electron chi connectivity index (χ2n) is 5.27. The van der Waals surface area contributed by atoms with Crippen LogP contribution in [0.25, 0.3) is 0 Å². The third-order valence-corrected chi connectivity index (χ3v) is 2.91. The van der Waals surface area contributed by atoms with Gasteiger partial charge in [0.05, 0.1) is 11.9 Å². The predicted molar refractivity (Wildman–Crippen MR) is 72.0 cm³/mol. The molecule has 1 aromatic rings. The Morgan fingerprint density at radius 3 is 2.76 bits per heavy atom. The second-order valence-corrected chi connectivity index (χ2v) is 5.27. The van der Waals surface area contributed by atoms with Gasteiger partial charge in [-0.2, -0.15) is 0 Å². The monoisotopic (exact) mass is 237 g/mol. The maximum atomic E-state index is 8.84. The molecule has 0 aliphatic heterocycles. The molecule has 1 heterocycles. The molecule has 1 rings (SSSR count). The van der Waals surface area contributed by atoms with Crippen LogP contribution < -0.4 is 11.1 Å². The lowest BCUT2D eigenvalue weighted by Gasteiger charge is -2.25. The van der Waals surface area contributed by atoms with E-state index in [2.05, 4.69) is 24.1 Å². The SMILES string of the molecule is Cc1cc(NCC(C)(C)CCCO)ncc1N. The number of aliphatic hydroxyl groups excluding tert-OH is 1. The van der Waals surface area contributed by atoms with Crippen molar-refractivity contribution in [3.8, 4) is 0 Å². The summed E-state index contributed by atoms with van der Waals surface area (Å²) in [6, 6.07) is 1.96. The van der Waals surface area contributed by atoms with Crippen molar-refractivity contribution in [1.29, 1.82) is 0 Å². The number of hydrogen-bond acceptors (Lipinski definition) is 4. The quantitative estimate of drug-likeness (QED) is 0.709. The smallest absolute Gasteiger partial charge is 0.126 e. The highest BCUT2D eigenvalue weighted by atomic mass is 16.2. The second kappa shape index (κ2) is 5.87. The summed E-state index contributed by atoms with van der Waals surface area (Å²) in [6.45, 7) is 7.42. The Hall–Kier alpha value is -1.29. The molecule has 0 aliphatic carbocycles. The highest BCUT2D eigenvalue weighted by Gasteiger charge is 2.17. The van der Waals surface area contributed by atoms with Crippen molar-refractivity contribution in [1.82, 2.24) is 4.98 Å². The Bertz CT molecular complexity index is 364. The van der Waals surface area contributed by atoms with Gasteiger partial charge in [0, 0.05) is 13.2 Å². The molecule has 0 fully saturated rings. The number of nitrogens with zero attached hydrogens (tertiary/aromatic N) is 1. The van der Waals surface area contributed by atoms with E-state index in [1.54, 1.807) is 6.20 Å². The molecule has 1 aromatic heterocycles. The highest BCUT2D eigenvalue weighted by Crippen LogP contribution is 2.23. The maximum Gasteiger partial charge on any atom is 0.126 e. The first-order valence-corrected chi connectivity index (χ1v) is 6.01. The van der Waals surface area contributed by atoms with E-state index in [0.717, 1.165) is 36.5 Å². The Balaban J connectivity index is 2.51. The summed E-state index contributed by atoms with van der Waals surface area (Å²) in [5, 5.41) is 12.1. The van der Waals surface area contributed by atoms with Crippen molar-refractivity contribution < 1.29 is 5.11 Å². The van der Waals surface area contributed by atoms with Crippen molar-refractivity contribution >= 4 is 11.5 Å². The minimum atomic E-state index is 0.152. The molecular weight excluding hydrogens is 214 g/mol. The minimum Gasteiger partial charge on any atom is -0.397 e. The summed E-state index contributed by atoms with van der Waals surface area (Å²) in [6.07, 6.45) is 3.51. The van der Waals surface area contributed by atoms with Crippen LogP contribution in [-0.2, 0) is 0 Å². The molecule has 0 atom stereocenters. The molecule has 4 heteroatoms. The van der Waals surface area contributed by atoms with Gasteiger partial charge < -0.3 is 16.2 Å². The van der Waals surface area contributed by atoms with Gasteiger partial charge in [-0.3, -0.25) is 0 Å². The van der Waals surface area contributed by atoms with Crippen LogP contribution in [0, 0.1) is 12.3 Å². The van der Waals surface area contributed by atoms with Crippen molar-refractivity contribution in [2.75, 3.05) is 24.2 Å². The first kappa shape index (κ1) is 13.8. The predicted octanol–water partition coefficient (Wildman–Crippen LogP) is 2.18. The number of aromatic nitrogens is 1. The van der Waals surface area contributed by atoms with E-state index in [0.29, 0.717) is 0 Å². The number of rotatable bonds is 6. The Labute approximate surface area is 103 Å². The largest absolute Gasteiger partial charge is 0.397 e. The third-order valence-electron chi connectivity index (χ3n) is 2.91. The fourth-order valence-electron chi connectivity index (χ4n) is 1.64. The van der Waals surface area contributed by atoms with Gasteiger partial charge in [-0.15, -0.1) is 0 Å². The average Bonchev–Trinajstić information content (AvgIpc) is 2.28. The lowest BCUT2D eigenvalue weighted by atomic mass is 9.88. The van der Waals surface area contributed by atoms with Gasteiger partial charge in [0.1, 0.15) is 5.82 Å². The van der Waals surface area contributed by atoms with Crippen molar-refractivity contribution in [3.63, 3.8) is 0 Å². The van der Waals surface area contributed by atoms with E-state index >= 15 is 0 Å². The van der Waals surface area contributed by atoms with E-state index in [-0.39, 0.29) is 12.0 Å². The first-order valence-electron chi connectivity index (χ1n) is 6.01. The molecule has 17 heavy (non-hydrogen) atoms. The fraction of sp³-hybridized carbons (Fsp3) is 0.615. The lowest BCUT2D eigenvalue weighted by Crippen LogP contribution is -2.23. The van der Waals surface area contributed by atoms with Crippen LogP contribution in [0.5, 0.6) is 0 Å².